The molecule has 0 saturated carbocycles. The fourth-order valence-electron chi connectivity index (χ4n) is 1.07. The van der Waals surface area contributed by atoms with E-state index in [1.54, 1.807) is 0 Å². The summed E-state index contributed by atoms with van der Waals surface area (Å²) in [7, 11) is 1.95. The van der Waals surface area contributed by atoms with E-state index in [1.165, 1.54) is 0 Å². The van der Waals surface area contributed by atoms with Crippen molar-refractivity contribution in [3.63, 3.8) is 0 Å². The summed E-state index contributed by atoms with van der Waals surface area (Å²) in [5, 5.41) is 3.10. The molecular weight excluding hydrogens is 114 g/mol. The van der Waals surface area contributed by atoms with Crippen molar-refractivity contribution in [3.05, 3.63) is 12.3 Å². The molecule has 1 atom stereocenters. The molecule has 1 aliphatic heterocycles. The predicted molar refractivity (Wildman–Crippen MR) is 37.1 cm³/mol. The first kappa shape index (κ1) is 6.62. The summed E-state index contributed by atoms with van der Waals surface area (Å²) < 4.78 is 5.18. The van der Waals surface area contributed by atoms with Crippen LogP contribution in [0.3, 0.4) is 0 Å². The lowest BCUT2D eigenvalue weighted by Gasteiger charge is -2.05. The number of nitrogens with one attached hydrogen (secondary N) is 1. The van der Waals surface area contributed by atoms with Gasteiger partial charge in [-0.3, -0.25) is 0 Å². The van der Waals surface area contributed by atoms with Crippen LogP contribution in [0.4, 0.5) is 0 Å². The molecule has 0 aromatic heterocycles. The molecule has 2 nitrogen and oxygen atoms in total. The standard InChI is InChI=1S/C7H13NO/c1-6-7(5-8-2)3-4-9-6/h7-8H,1,3-5H2,2H3. The van der Waals surface area contributed by atoms with E-state index >= 15 is 0 Å². The fourth-order valence-corrected chi connectivity index (χ4v) is 1.07. The Labute approximate surface area is 55.9 Å². The molecule has 1 unspecified atom stereocenters. The summed E-state index contributed by atoms with van der Waals surface area (Å²) in [6, 6.07) is 0. The highest BCUT2D eigenvalue weighted by Crippen LogP contribution is 2.21. The molecule has 0 aliphatic carbocycles. The Morgan fingerprint density at radius 1 is 1.89 bits per heavy atom. The second kappa shape index (κ2) is 2.87. The van der Waals surface area contributed by atoms with Crippen LogP contribution < -0.4 is 5.32 Å². The van der Waals surface area contributed by atoms with Gasteiger partial charge in [0.15, 0.2) is 0 Å². The van der Waals surface area contributed by atoms with Crippen LogP contribution in [0.15, 0.2) is 12.3 Å². The molecule has 1 fully saturated rings. The molecule has 0 aromatic rings. The Kier molecular flexibility index (Phi) is 2.11. The van der Waals surface area contributed by atoms with Crippen LogP contribution in [0.25, 0.3) is 0 Å². The lowest BCUT2D eigenvalue weighted by molar-refractivity contribution is 0.260. The number of ether oxygens (including phenoxy) is 1. The molecule has 0 spiro atoms. The quantitative estimate of drug-likeness (QED) is 0.591. The van der Waals surface area contributed by atoms with Crippen LogP contribution in [-0.4, -0.2) is 20.2 Å². The molecule has 0 amide bonds. The third kappa shape index (κ3) is 1.45. The molecule has 0 bridgehead atoms. The topological polar surface area (TPSA) is 21.3 Å². The minimum absolute atomic E-state index is 0.551. The number of rotatable bonds is 2. The van der Waals surface area contributed by atoms with E-state index in [4.69, 9.17) is 4.74 Å². The Bertz CT molecular complexity index is 111. The Morgan fingerprint density at radius 3 is 3.11 bits per heavy atom. The van der Waals surface area contributed by atoms with Crippen LogP contribution in [-0.2, 0) is 4.74 Å². The van der Waals surface area contributed by atoms with E-state index in [0.717, 1.165) is 25.3 Å². The third-order valence-electron chi connectivity index (χ3n) is 1.66. The molecule has 2 heteroatoms. The van der Waals surface area contributed by atoms with Gasteiger partial charge >= 0.3 is 0 Å². The SMILES string of the molecule is C=C1OCCC1CNC. The zero-order valence-electron chi connectivity index (χ0n) is 5.81. The van der Waals surface area contributed by atoms with Gasteiger partial charge in [-0.05, 0) is 13.5 Å². The van der Waals surface area contributed by atoms with E-state index < -0.39 is 0 Å². The zero-order chi connectivity index (χ0) is 6.69. The van der Waals surface area contributed by atoms with Crippen LogP contribution in [0, 0.1) is 5.92 Å². The lowest BCUT2D eigenvalue weighted by atomic mass is 10.1. The average molecular weight is 127 g/mol. The normalized spacial score (nSPS) is 26.3. The van der Waals surface area contributed by atoms with Crippen molar-refractivity contribution in [1.82, 2.24) is 5.32 Å². The lowest BCUT2D eigenvalue weighted by Crippen LogP contribution is -2.17. The van der Waals surface area contributed by atoms with Crippen LogP contribution >= 0.6 is 0 Å². The maximum atomic E-state index is 5.18. The van der Waals surface area contributed by atoms with Crippen molar-refractivity contribution in [2.45, 2.75) is 6.42 Å². The van der Waals surface area contributed by atoms with Crippen molar-refractivity contribution < 1.29 is 4.74 Å². The third-order valence-corrected chi connectivity index (χ3v) is 1.66. The van der Waals surface area contributed by atoms with Gasteiger partial charge in [0, 0.05) is 12.5 Å². The van der Waals surface area contributed by atoms with Gasteiger partial charge in [-0.2, -0.15) is 0 Å². The van der Waals surface area contributed by atoms with Crippen molar-refractivity contribution in [3.8, 4) is 0 Å². The monoisotopic (exact) mass is 127 g/mol. The van der Waals surface area contributed by atoms with Crippen molar-refractivity contribution in [2.24, 2.45) is 5.92 Å². The molecule has 0 radical (unpaired) electrons. The fraction of sp³-hybridized carbons (Fsp3) is 0.714. The first-order chi connectivity index (χ1) is 4.34. The van der Waals surface area contributed by atoms with Gasteiger partial charge in [0.25, 0.3) is 0 Å². The minimum atomic E-state index is 0.551. The molecule has 0 aromatic carbocycles. The Morgan fingerprint density at radius 2 is 2.67 bits per heavy atom. The largest absolute Gasteiger partial charge is 0.498 e. The maximum absolute atomic E-state index is 5.18. The van der Waals surface area contributed by atoms with Gasteiger partial charge < -0.3 is 10.1 Å². The molecule has 1 aliphatic rings. The molecule has 1 rings (SSSR count). The summed E-state index contributed by atoms with van der Waals surface area (Å²) >= 11 is 0. The second-order valence-corrected chi connectivity index (χ2v) is 2.36. The highest BCUT2D eigenvalue weighted by Gasteiger charge is 2.18. The summed E-state index contributed by atoms with van der Waals surface area (Å²) in [5.74, 6) is 1.50. The van der Waals surface area contributed by atoms with Gasteiger partial charge in [0.05, 0.1) is 12.4 Å². The van der Waals surface area contributed by atoms with Crippen molar-refractivity contribution >= 4 is 0 Å². The Balaban J connectivity index is 2.31. The predicted octanol–water partition coefficient (Wildman–Crippen LogP) is 0.756. The number of hydrogen-bond acceptors (Lipinski definition) is 2. The Hall–Kier alpha value is -0.500. The van der Waals surface area contributed by atoms with E-state index in [-0.39, 0.29) is 0 Å². The molecular formula is C7H13NO. The van der Waals surface area contributed by atoms with E-state index in [1.807, 2.05) is 7.05 Å². The van der Waals surface area contributed by atoms with Gasteiger partial charge in [-0.15, -0.1) is 0 Å². The minimum Gasteiger partial charge on any atom is -0.498 e. The second-order valence-electron chi connectivity index (χ2n) is 2.36. The molecule has 1 heterocycles. The highest BCUT2D eigenvalue weighted by atomic mass is 16.5. The average Bonchev–Trinajstić information content (AvgIpc) is 2.18. The van der Waals surface area contributed by atoms with Gasteiger partial charge in [0.1, 0.15) is 0 Å². The first-order valence-electron chi connectivity index (χ1n) is 3.31. The van der Waals surface area contributed by atoms with Gasteiger partial charge in [-0.1, -0.05) is 6.58 Å². The molecule has 9 heavy (non-hydrogen) atoms. The zero-order valence-corrected chi connectivity index (χ0v) is 5.81. The summed E-state index contributed by atoms with van der Waals surface area (Å²) in [6.45, 7) is 5.64. The maximum Gasteiger partial charge on any atom is 0.0933 e. The molecule has 1 N–H and O–H groups in total. The van der Waals surface area contributed by atoms with Crippen molar-refractivity contribution in [2.75, 3.05) is 20.2 Å². The van der Waals surface area contributed by atoms with Gasteiger partial charge in [-0.25, -0.2) is 0 Å². The highest BCUT2D eigenvalue weighted by molar-refractivity contribution is 4.96. The van der Waals surface area contributed by atoms with Crippen LogP contribution in [0.1, 0.15) is 6.42 Å². The molecule has 1 saturated heterocycles. The van der Waals surface area contributed by atoms with Crippen LogP contribution in [0.5, 0.6) is 0 Å². The first-order valence-corrected chi connectivity index (χ1v) is 3.31. The van der Waals surface area contributed by atoms with Crippen molar-refractivity contribution in [1.29, 1.82) is 0 Å². The van der Waals surface area contributed by atoms with E-state index in [0.29, 0.717) is 5.92 Å². The van der Waals surface area contributed by atoms with E-state index in [9.17, 15) is 0 Å². The van der Waals surface area contributed by atoms with Crippen LogP contribution in [0.2, 0.25) is 0 Å². The summed E-state index contributed by atoms with van der Waals surface area (Å²) in [6.07, 6.45) is 1.12. The summed E-state index contributed by atoms with van der Waals surface area (Å²) in [4.78, 5) is 0. The van der Waals surface area contributed by atoms with Gasteiger partial charge in [0.2, 0.25) is 0 Å². The molecule has 52 valence electrons. The summed E-state index contributed by atoms with van der Waals surface area (Å²) in [5.41, 5.74) is 0. The number of hydrogen-bond donors (Lipinski definition) is 1. The smallest absolute Gasteiger partial charge is 0.0933 e. The van der Waals surface area contributed by atoms with E-state index in [2.05, 4.69) is 11.9 Å².